The molecule has 7 heteroatoms. The maximum Gasteiger partial charge on any atom is 0.658 e. The highest BCUT2D eigenvalue weighted by Crippen LogP contribution is 2.15. The van der Waals surface area contributed by atoms with Gasteiger partial charge in [-0.05, 0) is 35.4 Å². The maximum absolute atomic E-state index is 10.8. The summed E-state index contributed by atoms with van der Waals surface area (Å²) in [5.41, 5.74) is 1.73. The monoisotopic (exact) mass is 341 g/mol. The van der Waals surface area contributed by atoms with Crippen LogP contribution in [-0.4, -0.2) is 19.6 Å². The van der Waals surface area contributed by atoms with Crippen molar-refractivity contribution in [3.63, 3.8) is 0 Å². The van der Waals surface area contributed by atoms with Crippen molar-refractivity contribution >= 4 is 19.6 Å². The number of hydrogen-bond donors (Lipinski definition) is 0. The topological polar surface area (TPSA) is 71.1 Å². The lowest BCUT2D eigenvalue weighted by Gasteiger charge is -2.08. The molecule has 0 aliphatic carbocycles. The Hall–Kier alpha value is -2.96. The van der Waals surface area contributed by atoms with Gasteiger partial charge in [-0.2, -0.15) is 0 Å². The lowest BCUT2D eigenvalue weighted by molar-refractivity contribution is -0.143. The standard InChI is InChI=1S/C18H18BO6/c1-13(20)22-11-15-3-7-17(8-4-15)24-19-25-18-9-5-16(6-10-18)12-23-14(2)21/h3-10H,11-12H2,1-2H3. The molecule has 0 aliphatic rings. The lowest BCUT2D eigenvalue weighted by atomic mass is 10.2. The summed E-state index contributed by atoms with van der Waals surface area (Å²) in [5.74, 6) is 0.554. The van der Waals surface area contributed by atoms with Crippen LogP contribution in [-0.2, 0) is 32.3 Å². The molecule has 25 heavy (non-hydrogen) atoms. The molecule has 0 bridgehead atoms. The first-order valence-corrected chi connectivity index (χ1v) is 7.62. The van der Waals surface area contributed by atoms with E-state index in [9.17, 15) is 9.59 Å². The molecule has 0 N–H and O–H groups in total. The molecular formula is C18H18BO6. The first-order valence-electron chi connectivity index (χ1n) is 7.62. The molecule has 2 rings (SSSR count). The average molecular weight is 341 g/mol. The maximum atomic E-state index is 10.8. The third-order valence-corrected chi connectivity index (χ3v) is 3.10. The number of ether oxygens (including phenoxy) is 2. The largest absolute Gasteiger partial charge is 0.658 e. The fraction of sp³-hybridized carbons (Fsp3) is 0.222. The van der Waals surface area contributed by atoms with Crippen molar-refractivity contribution < 1.29 is 28.4 Å². The third kappa shape index (κ3) is 6.99. The molecule has 0 unspecified atom stereocenters. The van der Waals surface area contributed by atoms with Crippen LogP contribution in [0.25, 0.3) is 0 Å². The molecule has 0 heterocycles. The zero-order valence-corrected chi connectivity index (χ0v) is 14.1. The number of esters is 2. The Bertz CT molecular complexity index is 635. The normalized spacial score (nSPS) is 9.84. The molecule has 0 spiro atoms. The van der Waals surface area contributed by atoms with Gasteiger partial charge in [0.25, 0.3) is 0 Å². The van der Waals surface area contributed by atoms with Crippen LogP contribution < -0.4 is 9.31 Å². The Labute approximate surface area is 147 Å². The van der Waals surface area contributed by atoms with Crippen molar-refractivity contribution in [2.24, 2.45) is 0 Å². The van der Waals surface area contributed by atoms with Crippen molar-refractivity contribution in [1.82, 2.24) is 0 Å². The van der Waals surface area contributed by atoms with E-state index >= 15 is 0 Å². The molecule has 6 nitrogen and oxygen atoms in total. The van der Waals surface area contributed by atoms with Gasteiger partial charge < -0.3 is 18.8 Å². The molecular weight excluding hydrogens is 323 g/mol. The number of rotatable bonds is 8. The van der Waals surface area contributed by atoms with Crippen molar-refractivity contribution in [2.45, 2.75) is 27.1 Å². The van der Waals surface area contributed by atoms with E-state index < -0.39 is 0 Å². The summed E-state index contributed by atoms with van der Waals surface area (Å²) in [6, 6.07) is 14.2. The van der Waals surface area contributed by atoms with Gasteiger partial charge in [-0.1, -0.05) is 24.3 Å². The van der Waals surface area contributed by atoms with E-state index in [-0.39, 0.29) is 25.2 Å². The molecule has 129 valence electrons. The summed E-state index contributed by atoms with van der Waals surface area (Å²) in [7, 11) is 1.22. The Morgan fingerprint density at radius 3 is 1.40 bits per heavy atom. The van der Waals surface area contributed by atoms with Crippen molar-refractivity contribution in [2.75, 3.05) is 0 Å². The van der Waals surface area contributed by atoms with E-state index in [0.717, 1.165) is 11.1 Å². The Morgan fingerprint density at radius 2 is 1.08 bits per heavy atom. The van der Waals surface area contributed by atoms with Crippen LogP contribution in [0.5, 0.6) is 11.5 Å². The molecule has 0 fully saturated rings. The van der Waals surface area contributed by atoms with Crippen LogP contribution in [0.1, 0.15) is 25.0 Å². The minimum Gasteiger partial charge on any atom is -0.526 e. The molecule has 0 saturated heterocycles. The van der Waals surface area contributed by atoms with Gasteiger partial charge in [-0.25, -0.2) is 0 Å². The van der Waals surface area contributed by atoms with Crippen LogP contribution >= 0.6 is 0 Å². The van der Waals surface area contributed by atoms with Gasteiger partial charge in [-0.15, -0.1) is 0 Å². The zero-order chi connectivity index (χ0) is 18.1. The van der Waals surface area contributed by atoms with Gasteiger partial charge in [0.2, 0.25) is 0 Å². The van der Waals surface area contributed by atoms with E-state index in [1.807, 2.05) is 0 Å². The summed E-state index contributed by atoms with van der Waals surface area (Å²) in [5, 5.41) is 0. The molecule has 0 saturated carbocycles. The Balaban J connectivity index is 1.74. The first kappa shape index (κ1) is 18.4. The van der Waals surface area contributed by atoms with E-state index in [2.05, 4.69) is 0 Å². The Kier molecular flexibility index (Phi) is 6.89. The van der Waals surface area contributed by atoms with Gasteiger partial charge in [0.1, 0.15) is 24.7 Å². The highest BCUT2D eigenvalue weighted by molar-refractivity contribution is 6.20. The average Bonchev–Trinajstić information content (AvgIpc) is 2.60. The van der Waals surface area contributed by atoms with Crippen LogP contribution in [0, 0.1) is 0 Å². The predicted octanol–water partition coefficient (Wildman–Crippen LogP) is 2.80. The van der Waals surface area contributed by atoms with Gasteiger partial charge in [0, 0.05) is 13.8 Å². The number of carbonyl (C=O) groups is 2. The summed E-state index contributed by atoms with van der Waals surface area (Å²) < 4.78 is 20.6. The SMILES string of the molecule is CC(=O)OCc1ccc(O[B]Oc2ccc(COC(C)=O)cc2)cc1. The summed E-state index contributed by atoms with van der Waals surface area (Å²) >= 11 is 0. The van der Waals surface area contributed by atoms with Gasteiger partial charge in [0.15, 0.2) is 0 Å². The molecule has 2 aromatic carbocycles. The van der Waals surface area contributed by atoms with Gasteiger partial charge in [-0.3, -0.25) is 9.59 Å². The second kappa shape index (κ2) is 9.37. The van der Waals surface area contributed by atoms with Gasteiger partial charge >= 0.3 is 19.6 Å². The quantitative estimate of drug-likeness (QED) is 0.543. The molecule has 0 atom stereocenters. The van der Waals surface area contributed by atoms with E-state index in [1.54, 1.807) is 48.5 Å². The van der Waals surface area contributed by atoms with E-state index in [0.29, 0.717) is 11.5 Å². The van der Waals surface area contributed by atoms with Crippen LogP contribution in [0.3, 0.4) is 0 Å². The van der Waals surface area contributed by atoms with Gasteiger partial charge in [0.05, 0.1) is 0 Å². The van der Waals surface area contributed by atoms with Crippen molar-refractivity contribution in [1.29, 1.82) is 0 Å². The summed E-state index contributed by atoms with van der Waals surface area (Å²) in [4.78, 5) is 21.5. The molecule has 0 aromatic heterocycles. The smallest absolute Gasteiger partial charge is 0.526 e. The minimum atomic E-state index is -0.319. The fourth-order valence-corrected chi connectivity index (χ4v) is 1.83. The zero-order valence-electron chi connectivity index (χ0n) is 14.1. The fourth-order valence-electron chi connectivity index (χ4n) is 1.83. The van der Waals surface area contributed by atoms with Crippen LogP contribution in [0.4, 0.5) is 0 Å². The second-order valence-corrected chi connectivity index (χ2v) is 5.18. The third-order valence-electron chi connectivity index (χ3n) is 3.10. The van der Waals surface area contributed by atoms with E-state index in [1.165, 1.54) is 21.5 Å². The molecule has 0 amide bonds. The predicted molar refractivity (Wildman–Crippen MR) is 90.8 cm³/mol. The lowest BCUT2D eigenvalue weighted by Crippen LogP contribution is -2.11. The Morgan fingerprint density at radius 1 is 0.720 bits per heavy atom. The molecule has 1 radical (unpaired) electrons. The highest BCUT2D eigenvalue weighted by atomic mass is 16.6. The number of benzene rings is 2. The van der Waals surface area contributed by atoms with Crippen LogP contribution in [0.15, 0.2) is 48.5 Å². The molecule has 2 aromatic rings. The first-order chi connectivity index (χ1) is 12.0. The highest BCUT2D eigenvalue weighted by Gasteiger charge is 2.04. The second-order valence-electron chi connectivity index (χ2n) is 5.18. The number of carbonyl (C=O) groups excluding carboxylic acids is 2. The molecule has 0 aliphatic heterocycles. The van der Waals surface area contributed by atoms with Crippen molar-refractivity contribution in [3.8, 4) is 11.5 Å². The van der Waals surface area contributed by atoms with Crippen molar-refractivity contribution in [3.05, 3.63) is 59.7 Å². The van der Waals surface area contributed by atoms with E-state index in [4.69, 9.17) is 18.8 Å². The number of hydrogen-bond acceptors (Lipinski definition) is 6. The summed E-state index contributed by atoms with van der Waals surface area (Å²) in [6.45, 7) is 3.20. The van der Waals surface area contributed by atoms with Crippen LogP contribution in [0.2, 0.25) is 0 Å². The minimum absolute atomic E-state index is 0.232. The summed E-state index contributed by atoms with van der Waals surface area (Å²) in [6.07, 6.45) is 0.